The van der Waals surface area contributed by atoms with E-state index in [1.807, 2.05) is 0 Å². The number of methoxy groups -OCH3 is 1. The first-order chi connectivity index (χ1) is 9.52. The largest absolute Gasteiger partial charge is 0.379 e. The third-order valence-electron chi connectivity index (χ3n) is 3.48. The average Bonchev–Trinajstić information content (AvgIpc) is 2.86. The summed E-state index contributed by atoms with van der Waals surface area (Å²) in [5.74, 6) is -0.311. The highest BCUT2D eigenvalue weighted by molar-refractivity contribution is 9.10. The maximum Gasteiger partial charge on any atom is 0.284 e. The highest BCUT2D eigenvalue weighted by atomic mass is 79.9. The lowest BCUT2D eigenvalue weighted by atomic mass is 10.1. The molecule has 0 aromatic heterocycles. The van der Waals surface area contributed by atoms with E-state index in [0.717, 1.165) is 19.3 Å². The van der Waals surface area contributed by atoms with Gasteiger partial charge in [-0.1, -0.05) is 0 Å². The number of nitro benzene ring substituents is 1. The first kappa shape index (κ1) is 14.9. The molecule has 2 atom stereocenters. The standard InChI is InChI=1S/C13H15BrN2O4/c1-20-12-4-2-3-10(12)15-13(17)8-5-6-9(14)11(7-8)16(18)19/h5-7,10,12H,2-4H2,1H3,(H,15,17). The van der Waals surface area contributed by atoms with Crippen molar-refractivity contribution in [2.75, 3.05) is 7.11 Å². The van der Waals surface area contributed by atoms with Crippen LogP contribution in [-0.4, -0.2) is 30.1 Å². The number of nitrogens with zero attached hydrogens (tertiary/aromatic N) is 1. The Morgan fingerprint density at radius 3 is 2.90 bits per heavy atom. The molecule has 2 unspecified atom stereocenters. The van der Waals surface area contributed by atoms with Crippen molar-refractivity contribution in [1.29, 1.82) is 0 Å². The molecular weight excluding hydrogens is 328 g/mol. The second kappa shape index (κ2) is 6.32. The summed E-state index contributed by atoms with van der Waals surface area (Å²) < 4.78 is 5.67. The molecule has 7 heteroatoms. The molecule has 1 aromatic rings. The van der Waals surface area contributed by atoms with Gasteiger partial charge in [0.1, 0.15) is 0 Å². The number of amides is 1. The van der Waals surface area contributed by atoms with E-state index in [-0.39, 0.29) is 29.3 Å². The minimum absolute atomic E-state index is 0.0179. The Balaban J connectivity index is 2.13. The molecular formula is C13H15BrN2O4. The van der Waals surface area contributed by atoms with Gasteiger partial charge in [0.05, 0.1) is 21.5 Å². The number of halogens is 1. The Hall–Kier alpha value is -1.47. The summed E-state index contributed by atoms with van der Waals surface area (Å²) in [6.07, 6.45) is 2.80. The van der Waals surface area contributed by atoms with Gasteiger partial charge in [0.2, 0.25) is 0 Å². The lowest BCUT2D eigenvalue weighted by Gasteiger charge is -2.19. The molecule has 0 spiro atoms. The van der Waals surface area contributed by atoms with Gasteiger partial charge in [-0.3, -0.25) is 14.9 Å². The van der Waals surface area contributed by atoms with E-state index in [4.69, 9.17) is 4.74 Å². The van der Waals surface area contributed by atoms with Gasteiger partial charge in [0.25, 0.3) is 11.6 Å². The second-order valence-electron chi connectivity index (χ2n) is 4.71. The fourth-order valence-corrected chi connectivity index (χ4v) is 2.81. The van der Waals surface area contributed by atoms with Crippen LogP contribution in [0.1, 0.15) is 29.6 Å². The molecule has 1 aromatic carbocycles. The molecule has 0 saturated heterocycles. The Labute approximate surface area is 124 Å². The average molecular weight is 343 g/mol. The van der Waals surface area contributed by atoms with Crippen molar-refractivity contribution in [2.45, 2.75) is 31.4 Å². The molecule has 1 aliphatic carbocycles. The molecule has 1 amide bonds. The SMILES string of the molecule is COC1CCCC1NC(=O)c1ccc(Br)c([N+](=O)[O-])c1. The van der Waals surface area contributed by atoms with E-state index in [1.54, 1.807) is 13.2 Å². The minimum Gasteiger partial charge on any atom is -0.379 e. The van der Waals surface area contributed by atoms with E-state index in [9.17, 15) is 14.9 Å². The summed E-state index contributed by atoms with van der Waals surface area (Å²) in [6, 6.07) is 4.31. The molecule has 0 bridgehead atoms. The molecule has 20 heavy (non-hydrogen) atoms. The zero-order chi connectivity index (χ0) is 14.7. The highest BCUT2D eigenvalue weighted by Gasteiger charge is 2.29. The van der Waals surface area contributed by atoms with Gasteiger partial charge in [0, 0.05) is 18.7 Å². The van der Waals surface area contributed by atoms with Gasteiger partial charge in [0.15, 0.2) is 0 Å². The molecule has 2 rings (SSSR count). The van der Waals surface area contributed by atoms with Gasteiger partial charge in [-0.2, -0.15) is 0 Å². The summed E-state index contributed by atoms with van der Waals surface area (Å²) in [5.41, 5.74) is 0.161. The van der Waals surface area contributed by atoms with Gasteiger partial charge in [-0.15, -0.1) is 0 Å². The molecule has 0 aliphatic heterocycles. The number of ether oxygens (including phenoxy) is 1. The van der Waals surface area contributed by atoms with Crippen LogP contribution in [0.2, 0.25) is 0 Å². The van der Waals surface area contributed by atoms with Crippen LogP contribution in [0, 0.1) is 10.1 Å². The van der Waals surface area contributed by atoms with Crippen LogP contribution in [0.25, 0.3) is 0 Å². The number of rotatable bonds is 4. The number of nitrogens with one attached hydrogen (secondary N) is 1. The molecule has 1 saturated carbocycles. The maximum atomic E-state index is 12.1. The molecule has 1 fully saturated rings. The third-order valence-corrected chi connectivity index (χ3v) is 4.15. The number of hydrogen-bond donors (Lipinski definition) is 1. The summed E-state index contributed by atoms with van der Waals surface area (Å²) in [7, 11) is 1.62. The fourth-order valence-electron chi connectivity index (χ4n) is 2.42. The summed E-state index contributed by atoms with van der Waals surface area (Å²) in [5, 5.41) is 13.7. The molecule has 1 aliphatic rings. The Morgan fingerprint density at radius 1 is 1.50 bits per heavy atom. The van der Waals surface area contributed by atoms with Crippen LogP contribution < -0.4 is 5.32 Å². The van der Waals surface area contributed by atoms with Crippen LogP contribution in [0.4, 0.5) is 5.69 Å². The lowest BCUT2D eigenvalue weighted by molar-refractivity contribution is -0.385. The molecule has 0 heterocycles. The van der Waals surface area contributed by atoms with E-state index in [0.29, 0.717) is 4.47 Å². The molecule has 1 N–H and O–H groups in total. The van der Waals surface area contributed by atoms with E-state index < -0.39 is 4.92 Å². The fraction of sp³-hybridized carbons (Fsp3) is 0.462. The van der Waals surface area contributed by atoms with Gasteiger partial charge in [-0.05, 0) is 47.3 Å². The van der Waals surface area contributed by atoms with Crippen LogP contribution in [0.15, 0.2) is 22.7 Å². The van der Waals surface area contributed by atoms with Crippen LogP contribution in [-0.2, 0) is 4.74 Å². The maximum absolute atomic E-state index is 12.1. The normalized spacial score (nSPS) is 21.7. The quantitative estimate of drug-likeness (QED) is 0.673. The van der Waals surface area contributed by atoms with E-state index in [1.165, 1.54) is 12.1 Å². The molecule has 108 valence electrons. The summed E-state index contributed by atoms with van der Waals surface area (Å²) in [6.45, 7) is 0. The summed E-state index contributed by atoms with van der Waals surface area (Å²) >= 11 is 3.10. The predicted molar refractivity (Wildman–Crippen MR) is 76.7 cm³/mol. The third kappa shape index (κ3) is 3.16. The monoisotopic (exact) mass is 342 g/mol. The van der Waals surface area contributed by atoms with E-state index in [2.05, 4.69) is 21.2 Å². The van der Waals surface area contributed by atoms with Crippen molar-refractivity contribution < 1.29 is 14.5 Å². The number of carbonyl (C=O) groups excluding carboxylic acids is 1. The molecule has 0 radical (unpaired) electrons. The first-order valence-corrected chi connectivity index (χ1v) is 7.10. The smallest absolute Gasteiger partial charge is 0.284 e. The van der Waals surface area contributed by atoms with Gasteiger partial charge in [-0.25, -0.2) is 0 Å². The predicted octanol–water partition coefficient (Wildman–Crippen LogP) is 2.65. The zero-order valence-electron chi connectivity index (χ0n) is 11.0. The number of benzene rings is 1. The zero-order valence-corrected chi connectivity index (χ0v) is 12.6. The summed E-state index contributed by atoms with van der Waals surface area (Å²) in [4.78, 5) is 22.5. The van der Waals surface area contributed by atoms with Crippen molar-refractivity contribution in [3.05, 3.63) is 38.3 Å². The van der Waals surface area contributed by atoms with Crippen molar-refractivity contribution in [3.8, 4) is 0 Å². The van der Waals surface area contributed by atoms with Crippen molar-refractivity contribution in [1.82, 2.24) is 5.32 Å². The van der Waals surface area contributed by atoms with Gasteiger partial charge >= 0.3 is 0 Å². The second-order valence-corrected chi connectivity index (χ2v) is 5.56. The van der Waals surface area contributed by atoms with Crippen molar-refractivity contribution in [2.24, 2.45) is 0 Å². The minimum atomic E-state index is -0.519. The van der Waals surface area contributed by atoms with Crippen LogP contribution in [0.3, 0.4) is 0 Å². The number of nitro groups is 1. The molecule has 6 nitrogen and oxygen atoms in total. The van der Waals surface area contributed by atoms with Crippen LogP contribution >= 0.6 is 15.9 Å². The number of hydrogen-bond acceptors (Lipinski definition) is 4. The first-order valence-electron chi connectivity index (χ1n) is 6.30. The van der Waals surface area contributed by atoms with E-state index >= 15 is 0 Å². The van der Waals surface area contributed by atoms with Gasteiger partial charge < -0.3 is 10.1 Å². The Morgan fingerprint density at radius 2 is 2.25 bits per heavy atom. The van der Waals surface area contributed by atoms with Crippen molar-refractivity contribution in [3.63, 3.8) is 0 Å². The topological polar surface area (TPSA) is 81.5 Å². The van der Waals surface area contributed by atoms with Crippen molar-refractivity contribution >= 4 is 27.5 Å². The van der Waals surface area contributed by atoms with Crippen LogP contribution in [0.5, 0.6) is 0 Å². The highest BCUT2D eigenvalue weighted by Crippen LogP contribution is 2.26. The lowest BCUT2D eigenvalue weighted by Crippen LogP contribution is -2.40. The Bertz CT molecular complexity index is 535. The Kier molecular flexibility index (Phi) is 4.72. The number of carbonyl (C=O) groups is 1.